The first-order chi connectivity index (χ1) is 14.6. The van der Waals surface area contributed by atoms with Crippen LogP contribution in [0.4, 0.5) is 5.82 Å². The lowest BCUT2D eigenvalue weighted by atomic mass is 9.97. The average molecular weight is 404 g/mol. The minimum atomic E-state index is 0.261. The summed E-state index contributed by atoms with van der Waals surface area (Å²) in [6.07, 6.45) is 10.1. The van der Waals surface area contributed by atoms with Gasteiger partial charge in [0.05, 0.1) is 22.6 Å². The largest absolute Gasteiger partial charge is 0.368 e. The predicted octanol–water partition coefficient (Wildman–Crippen LogP) is 4.08. The fraction of sp³-hybridized carbons (Fsp3) is 0.435. The van der Waals surface area contributed by atoms with Crippen molar-refractivity contribution < 1.29 is 0 Å². The standard InChI is InChI=1S/C23H29N7/c1-16(2)30-22-20(23(27-30)25-13-17-6-10-28(3)11-7-17)14-26-29-15-19(12-21(22)29)18-4-8-24-9-5-18/h4-5,8-9,12,14-17H,6-7,10-11,13H2,1-3H3,(H,25,27). The van der Waals surface area contributed by atoms with Gasteiger partial charge in [-0.25, -0.2) is 4.52 Å². The highest BCUT2D eigenvalue weighted by Crippen LogP contribution is 2.32. The van der Waals surface area contributed by atoms with E-state index < -0.39 is 0 Å². The highest BCUT2D eigenvalue weighted by molar-refractivity contribution is 6.00. The first kappa shape index (κ1) is 19.1. The Morgan fingerprint density at radius 1 is 1.13 bits per heavy atom. The zero-order valence-corrected chi connectivity index (χ0v) is 17.9. The van der Waals surface area contributed by atoms with E-state index in [1.165, 1.54) is 25.9 Å². The van der Waals surface area contributed by atoms with Crippen LogP contribution in [-0.4, -0.2) is 56.0 Å². The van der Waals surface area contributed by atoms with Gasteiger partial charge in [0.15, 0.2) is 5.82 Å². The van der Waals surface area contributed by atoms with Crippen molar-refractivity contribution in [3.05, 3.63) is 43.0 Å². The fourth-order valence-electron chi connectivity index (χ4n) is 4.38. The molecule has 1 fully saturated rings. The van der Waals surface area contributed by atoms with E-state index in [-0.39, 0.29) is 6.04 Å². The Bertz CT molecular complexity index is 1150. The lowest BCUT2D eigenvalue weighted by Gasteiger charge is -2.28. The van der Waals surface area contributed by atoms with E-state index in [1.807, 2.05) is 35.2 Å². The second-order valence-corrected chi connectivity index (χ2v) is 8.72. The van der Waals surface area contributed by atoms with Crippen LogP contribution in [0.25, 0.3) is 27.5 Å². The molecule has 0 bridgehead atoms. The topological polar surface area (TPSA) is 63.3 Å². The first-order valence-electron chi connectivity index (χ1n) is 10.8. The van der Waals surface area contributed by atoms with Crippen molar-refractivity contribution in [2.24, 2.45) is 5.92 Å². The molecule has 1 N–H and O–H groups in total. The molecule has 0 spiro atoms. The van der Waals surface area contributed by atoms with Gasteiger partial charge < -0.3 is 10.2 Å². The number of aromatic nitrogens is 5. The fourth-order valence-corrected chi connectivity index (χ4v) is 4.38. The quantitative estimate of drug-likeness (QED) is 0.544. The SMILES string of the molecule is CC(C)n1nc(NCC2CCN(C)CC2)c2cnn3cc(-c4ccncc4)cc3c21. The Kier molecular flexibility index (Phi) is 4.90. The van der Waals surface area contributed by atoms with Gasteiger partial charge >= 0.3 is 0 Å². The summed E-state index contributed by atoms with van der Waals surface area (Å²) in [5, 5.41) is 14.4. The average Bonchev–Trinajstić information content (AvgIpc) is 3.35. The molecule has 7 heteroatoms. The van der Waals surface area contributed by atoms with Gasteiger partial charge in [0.25, 0.3) is 0 Å². The molecule has 5 heterocycles. The lowest BCUT2D eigenvalue weighted by molar-refractivity contribution is 0.226. The first-order valence-corrected chi connectivity index (χ1v) is 10.8. The van der Waals surface area contributed by atoms with Crippen molar-refractivity contribution in [3.63, 3.8) is 0 Å². The van der Waals surface area contributed by atoms with Gasteiger partial charge in [-0.2, -0.15) is 10.2 Å². The molecule has 0 unspecified atom stereocenters. The van der Waals surface area contributed by atoms with E-state index in [0.717, 1.165) is 39.9 Å². The number of anilines is 1. The summed E-state index contributed by atoms with van der Waals surface area (Å²) in [5.74, 6) is 1.64. The van der Waals surface area contributed by atoms with Gasteiger partial charge in [0, 0.05) is 36.7 Å². The Balaban J connectivity index is 1.53. The molecule has 0 amide bonds. The van der Waals surface area contributed by atoms with Crippen LogP contribution in [0.1, 0.15) is 32.7 Å². The number of likely N-dealkylation sites (tertiary alicyclic amines) is 1. The van der Waals surface area contributed by atoms with E-state index in [4.69, 9.17) is 10.2 Å². The predicted molar refractivity (Wildman–Crippen MR) is 121 cm³/mol. The molecule has 5 rings (SSSR count). The molecule has 4 aromatic heterocycles. The Morgan fingerprint density at radius 2 is 1.90 bits per heavy atom. The van der Waals surface area contributed by atoms with Crippen LogP contribution in [0.2, 0.25) is 0 Å². The van der Waals surface area contributed by atoms with E-state index in [0.29, 0.717) is 5.92 Å². The van der Waals surface area contributed by atoms with Crippen LogP contribution in [0.5, 0.6) is 0 Å². The number of nitrogens with one attached hydrogen (secondary N) is 1. The zero-order chi connectivity index (χ0) is 20.7. The van der Waals surface area contributed by atoms with Crippen molar-refractivity contribution in [1.29, 1.82) is 0 Å². The lowest BCUT2D eigenvalue weighted by Crippen LogP contribution is -2.33. The third-order valence-electron chi connectivity index (χ3n) is 6.20. The van der Waals surface area contributed by atoms with Crippen LogP contribution in [0.15, 0.2) is 43.0 Å². The van der Waals surface area contributed by atoms with Crippen LogP contribution in [-0.2, 0) is 0 Å². The van der Waals surface area contributed by atoms with E-state index in [9.17, 15) is 0 Å². The molecule has 1 aliphatic rings. The van der Waals surface area contributed by atoms with Gasteiger partial charge in [-0.3, -0.25) is 9.67 Å². The highest BCUT2D eigenvalue weighted by atomic mass is 15.3. The molecular weight excluding hydrogens is 374 g/mol. The van der Waals surface area contributed by atoms with Crippen molar-refractivity contribution in [2.45, 2.75) is 32.7 Å². The van der Waals surface area contributed by atoms with Crippen molar-refractivity contribution in [3.8, 4) is 11.1 Å². The van der Waals surface area contributed by atoms with Gasteiger partial charge in [0.1, 0.15) is 0 Å². The van der Waals surface area contributed by atoms with Gasteiger partial charge in [0.2, 0.25) is 0 Å². The highest BCUT2D eigenvalue weighted by Gasteiger charge is 2.20. The molecule has 30 heavy (non-hydrogen) atoms. The van der Waals surface area contributed by atoms with Crippen LogP contribution in [0, 0.1) is 5.92 Å². The minimum Gasteiger partial charge on any atom is -0.368 e. The third-order valence-corrected chi connectivity index (χ3v) is 6.20. The van der Waals surface area contributed by atoms with Crippen molar-refractivity contribution in [2.75, 3.05) is 32.0 Å². The Morgan fingerprint density at radius 3 is 2.63 bits per heavy atom. The Labute approximate surface area is 176 Å². The van der Waals surface area contributed by atoms with Gasteiger partial charge in [-0.15, -0.1) is 0 Å². The number of pyridine rings is 1. The molecule has 4 aromatic rings. The summed E-state index contributed by atoms with van der Waals surface area (Å²) in [4.78, 5) is 6.54. The molecule has 0 radical (unpaired) electrons. The number of hydrogen-bond acceptors (Lipinski definition) is 5. The van der Waals surface area contributed by atoms with E-state index in [1.54, 1.807) is 0 Å². The number of hydrogen-bond donors (Lipinski definition) is 1. The maximum atomic E-state index is 4.95. The number of nitrogens with zero attached hydrogens (tertiary/aromatic N) is 6. The summed E-state index contributed by atoms with van der Waals surface area (Å²) >= 11 is 0. The monoisotopic (exact) mass is 403 g/mol. The van der Waals surface area contributed by atoms with Crippen molar-refractivity contribution in [1.82, 2.24) is 29.3 Å². The maximum Gasteiger partial charge on any atom is 0.157 e. The molecule has 156 valence electrons. The Hall–Kier alpha value is -2.93. The normalized spacial score (nSPS) is 16.1. The third kappa shape index (κ3) is 3.43. The molecule has 0 saturated carbocycles. The smallest absolute Gasteiger partial charge is 0.157 e. The second kappa shape index (κ2) is 7.72. The van der Waals surface area contributed by atoms with Crippen LogP contribution in [0.3, 0.4) is 0 Å². The van der Waals surface area contributed by atoms with Gasteiger partial charge in [-0.05, 0) is 76.5 Å². The summed E-state index contributed by atoms with van der Waals surface area (Å²) in [6.45, 7) is 7.68. The minimum absolute atomic E-state index is 0.261. The van der Waals surface area contributed by atoms with Crippen LogP contribution >= 0.6 is 0 Å². The summed E-state index contributed by atoms with van der Waals surface area (Å²) in [7, 11) is 2.20. The second-order valence-electron chi connectivity index (χ2n) is 8.72. The molecular formula is C23H29N7. The van der Waals surface area contributed by atoms with E-state index in [2.05, 4.69) is 53.0 Å². The number of rotatable bonds is 5. The molecule has 0 atom stereocenters. The van der Waals surface area contributed by atoms with Crippen LogP contribution < -0.4 is 5.32 Å². The molecule has 0 aromatic carbocycles. The van der Waals surface area contributed by atoms with Crippen molar-refractivity contribution >= 4 is 22.2 Å². The van der Waals surface area contributed by atoms with Gasteiger partial charge in [-0.1, -0.05) is 0 Å². The summed E-state index contributed by atoms with van der Waals surface area (Å²) < 4.78 is 4.08. The van der Waals surface area contributed by atoms with E-state index >= 15 is 0 Å². The summed E-state index contributed by atoms with van der Waals surface area (Å²) in [6, 6.07) is 6.52. The maximum absolute atomic E-state index is 4.95. The molecule has 0 aliphatic carbocycles. The number of piperidine rings is 1. The summed E-state index contributed by atoms with van der Waals surface area (Å²) in [5.41, 5.74) is 4.48. The molecule has 7 nitrogen and oxygen atoms in total. The zero-order valence-electron chi connectivity index (χ0n) is 17.9. The molecule has 1 saturated heterocycles. The molecule has 1 aliphatic heterocycles. The number of fused-ring (bicyclic) bond motifs is 3.